The summed E-state index contributed by atoms with van der Waals surface area (Å²) in [5.41, 5.74) is 3.50. The van der Waals surface area contributed by atoms with Crippen molar-refractivity contribution in [2.45, 2.75) is 32.4 Å². The summed E-state index contributed by atoms with van der Waals surface area (Å²) >= 11 is 1.50. The van der Waals surface area contributed by atoms with E-state index < -0.39 is 0 Å². The van der Waals surface area contributed by atoms with Gasteiger partial charge in [-0.2, -0.15) is 0 Å². The van der Waals surface area contributed by atoms with Crippen LogP contribution in [0.15, 0.2) is 46.7 Å². The topological polar surface area (TPSA) is 37.6 Å². The fraction of sp³-hybridized carbons (Fsp3) is 0.294. The second kappa shape index (κ2) is 5.25. The number of benzene rings is 1. The molecule has 3 heterocycles. The third kappa shape index (κ3) is 2.22. The molecule has 0 bridgehead atoms. The Morgan fingerprint density at radius 3 is 3.14 bits per heavy atom. The largest absolute Gasteiger partial charge is 0.363 e. The van der Waals surface area contributed by atoms with Crippen LogP contribution in [0.5, 0.6) is 0 Å². The van der Waals surface area contributed by atoms with Gasteiger partial charge >= 0.3 is 0 Å². The van der Waals surface area contributed by atoms with Crippen molar-refractivity contribution in [1.82, 2.24) is 9.38 Å². The zero-order chi connectivity index (χ0) is 15.1. The summed E-state index contributed by atoms with van der Waals surface area (Å²) in [4.78, 5) is 19.9. The first-order chi connectivity index (χ1) is 10.7. The molecule has 4 nitrogen and oxygen atoms in total. The normalized spacial score (nSPS) is 17.7. The van der Waals surface area contributed by atoms with Gasteiger partial charge in [-0.25, -0.2) is 4.98 Å². The summed E-state index contributed by atoms with van der Waals surface area (Å²) in [7, 11) is 0. The molecule has 0 radical (unpaired) electrons. The standard InChI is InChI=1S/C17H17N3OS/c1-12-6-7-13-4-2-3-5-15(13)20(12)11-14-10-16(21)19-8-9-22-17(19)18-14/h2-5,8-10,12H,6-7,11H2,1H3/t12-/m0/s1. The van der Waals surface area contributed by atoms with E-state index in [2.05, 4.69) is 41.1 Å². The van der Waals surface area contributed by atoms with E-state index in [1.54, 1.807) is 16.7 Å². The van der Waals surface area contributed by atoms with Crippen molar-refractivity contribution in [1.29, 1.82) is 0 Å². The molecule has 112 valence electrons. The van der Waals surface area contributed by atoms with Crippen molar-refractivity contribution in [3.05, 3.63) is 63.5 Å². The Bertz CT molecular complexity index is 883. The Morgan fingerprint density at radius 2 is 2.23 bits per heavy atom. The first-order valence-electron chi connectivity index (χ1n) is 7.53. The molecule has 0 saturated carbocycles. The van der Waals surface area contributed by atoms with E-state index in [-0.39, 0.29) is 5.56 Å². The molecule has 5 heteroatoms. The molecule has 0 fully saturated rings. The van der Waals surface area contributed by atoms with E-state index >= 15 is 0 Å². The fourth-order valence-corrected chi connectivity index (χ4v) is 3.88. The molecule has 1 aromatic carbocycles. The zero-order valence-corrected chi connectivity index (χ0v) is 13.2. The first kappa shape index (κ1) is 13.5. The number of fused-ring (bicyclic) bond motifs is 2. The molecular weight excluding hydrogens is 294 g/mol. The number of anilines is 1. The number of hydrogen-bond donors (Lipinski definition) is 0. The van der Waals surface area contributed by atoms with Crippen molar-refractivity contribution in [3.63, 3.8) is 0 Å². The van der Waals surface area contributed by atoms with E-state index in [0.717, 1.165) is 23.5 Å². The third-order valence-corrected chi connectivity index (χ3v) is 5.11. The van der Waals surface area contributed by atoms with Crippen molar-refractivity contribution >= 4 is 22.0 Å². The number of nitrogens with zero attached hydrogens (tertiary/aromatic N) is 3. The predicted molar refractivity (Wildman–Crippen MR) is 89.7 cm³/mol. The number of aromatic nitrogens is 2. The SMILES string of the molecule is C[C@H]1CCc2ccccc2N1Cc1cc(=O)n2ccsc2n1. The number of hydrogen-bond acceptors (Lipinski definition) is 4. The van der Waals surface area contributed by atoms with Crippen LogP contribution in [0.3, 0.4) is 0 Å². The van der Waals surface area contributed by atoms with E-state index in [1.165, 1.54) is 22.6 Å². The zero-order valence-electron chi connectivity index (χ0n) is 12.4. The van der Waals surface area contributed by atoms with Gasteiger partial charge in [0, 0.05) is 29.4 Å². The molecule has 1 atom stereocenters. The Balaban J connectivity index is 1.74. The molecule has 22 heavy (non-hydrogen) atoms. The molecule has 0 unspecified atom stereocenters. The van der Waals surface area contributed by atoms with Gasteiger partial charge < -0.3 is 4.90 Å². The van der Waals surface area contributed by atoms with Crippen molar-refractivity contribution in [3.8, 4) is 0 Å². The van der Waals surface area contributed by atoms with Gasteiger partial charge in [0.2, 0.25) is 0 Å². The summed E-state index contributed by atoms with van der Waals surface area (Å²) in [6.45, 7) is 2.92. The maximum absolute atomic E-state index is 12.1. The summed E-state index contributed by atoms with van der Waals surface area (Å²) in [6.07, 6.45) is 4.03. The van der Waals surface area contributed by atoms with Gasteiger partial charge in [0.1, 0.15) is 0 Å². The van der Waals surface area contributed by atoms with E-state index in [0.29, 0.717) is 12.6 Å². The Kier molecular flexibility index (Phi) is 3.22. The van der Waals surface area contributed by atoms with Crippen LogP contribution in [0.2, 0.25) is 0 Å². The summed E-state index contributed by atoms with van der Waals surface area (Å²) < 4.78 is 1.60. The minimum absolute atomic E-state index is 0.000743. The maximum atomic E-state index is 12.1. The van der Waals surface area contributed by atoms with Gasteiger partial charge in [-0.1, -0.05) is 18.2 Å². The van der Waals surface area contributed by atoms with Gasteiger partial charge in [0.25, 0.3) is 5.56 Å². The molecule has 0 aliphatic carbocycles. The lowest BCUT2D eigenvalue weighted by Crippen LogP contribution is -2.37. The van der Waals surface area contributed by atoms with Gasteiger partial charge in [-0.15, -0.1) is 11.3 Å². The fourth-order valence-electron chi connectivity index (χ4n) is 3.14. The molecule has 1 aliphatic heterocycles. The highest BCUT2D eigenvalue weighted by Crippen LogP contribution is 2.31. The number of thiazole rings is 1. The van der Waals surface area contributed by atoms with E-state index in [1.807, 2.05) is 5.38 Å². The van der Waals surface area contributed by atoms with Crippen LogP contribution in [0.4, 0.5) is 5.69 Å². The second-order valence-electron chi connectivity index (χ2n) is 5.79. The van der Waals surface area contributed by atoms with Crippen molar-refractivity contribution in [2.75, 3.05) is 4.90 Å². The van der Waals surface area contributed by atoms with E-state index in [4.69, 9.17) is 0 Å². The maximum Gasteiger partial charge on any atom is 0.258 e. The molecule has 0 amide bonds. The average molecular weight is 311 g/mol. The summed E-state index contributed by atoms with van der Waals surface area (Å²) in [6, 6.07) is 10.6. The third-order valence-electron chi connectivity index (χ3n) is 4.35. The van der Waals surface area contributed by atoms with Gasteiger partial charge in [0.05, 0.1) is 12.2 Å². The van der Waals surface area contributed by atoms with Crippen molar-refractivity contribution in [2.24, 2.45) is 0 Å². The molecule has 2 aromatic heterocycles. The van der Waals surface area contributed by atoms with Crippen LogP contribution in [0.25, 0.3) is 4.96 Å². The highest BCUT2D eigenvalue weighted by atomic mass is 32.1. The van der Waals surface area contributed by atoms with Crippen LogP contribution in [0.1, 0.15) is 24.6 Å². The minimum atomic E-state index is -0.000743. The van der Waals surface area contributed by atoms with Gasteiger partial charge in [-0.3, -0.25) is 9.20 Å². The lowest BCUT2D eigenvalue weighted by molar-refractivity contribution is 0.556. The molecule has 1 aliphatic rings. The average Bonchev–Trinajstić information content (AvgIpc) is 2.99. The summed E-state index contributed by atoms with van der Waals surface area (Å²) in [5, 5.41) is 1.90. The van der Waals surface area contributed by atoms with Gasteiger partial charge in [-0.05, 0) is 31.4 Å². The van der Waals surface area contributed by atoms with Crippen LogP contribution < -0.4 is 10.5 Å². The summed E-state index contributed by atoms with van der Waals surface area (Å²) in [5.74, 6) is 0. The highest BCUT2D eigenvalue weighted by Gasteiger charge is 2.23. The molecule has 0 saturated heterocycles. The van der Waals surface area contributed by atoms with Crippen molar-refractivity contribution < 1.29 is 0 Å². The minimum Gasteiger partial charge on any atom is -0.363 e. The van der Waals surface area contributed by atoms with E-state index in [9.17, 15) is 4.79 Å². The molecule has 0 spiro atoms. The Morgan fingerprint density at radius 1 is 1.36 bits per heavy atom. The lowest BCUT2D eigenvalue weighted by Gasteiger charge is -2.36. The molecule has 0 N–H and O–H groups in total. The monoisotopic (exact) mass is 311 g/mol. The molecule has 4 rings (SSSR count). The van der Waals surface area contributed by atoms with Crippen LogP contribution >= 0.6 is 11.3 Å². The predicted octanol–water partition coefficient (Wildman–Crippen LogP) is 3.10. The lowest BCUT2D eigenvalue weighted by atomic mass is 9.96. The molecular formula is C17H17N3OS. The number of para-hydroxylation sites is 1. The quantitative estimate of drug-likeness (QED) is 0.730. The van der Waals surface area contributed by atoms with Crippen LogP contribution in [-0.2, 0) is 13.0 Å². The Hall–Kier alpha value is -2.14. The van der Waals surface area contributed by atoms with Crippen LogP contribution in [0, 0.1) is 0 Å². The second-order valence-corrected chi connectivity index (χ2v) is 6.66. The Labute approximate surface area is 132 Å². The molecule has 3 aromatic rings. The number of aryl methyl sites for hydroxylation is 1. The number of rotatable bonds is 2. The highest BCUT2D eigenvalue weighted by molar-refractivity contribution is 7.15. The van der Waals surface area contributed by atoms with Crippen LogP contribution in [-0.4, -0.2) is 15.4 Å². The smallest absolute Gasteiger partial charge is 0.258 e. The first-order valence-corrected chi connectivity index (χ1v) is 8.41. The van der Waals surface area contributed by atoms with Gasteiger partial charge in [0.15, 0.2) is 4.96 Å².